The van der Waals surface area contributed by atoms with E-state index >= 15 is 0 Å². The van der Waals surface area contributed by atoms with Crippen molar-refractivity contribution in [2.45, 2.75) is 25.7 Å². The average molecular weight is 385 g/mol. The minimum Gasteiger partial charge on any atom is -0.367 e. The lowest BCUT2D eigenvalue weighted by atomic mass is 9.97. The molecule has 3 rings (SSSR count). The van der Waals surface area contributed by atoms with Crippen LogP contribution >= 0.6 is 0 Å². The Morgan fingerprint density at radius 3 is 2.57 bits per heavy atom. The van der Waals surface area contributed by atoms with E-state index in [1.165, 1.54) is 36.1 Å². The number of halogens is 1. The van der Waals surface area contributed by atoms with E-state index in [9.17, 15) is 9.18 Å². The Labute approximate surface area is 165 Å². The van der Waals surface area contributed by atoms with Crippen LogP contribution in [0.25, 0.3) is 0 Å². The first-order chi connectivity index (χ1) is 13.5. The van der Waals surface area contributed by atoms with Crippen molar-refractivity contribution in [2.75, 3.05) is 45.6 Å². The van der Waals surface area contributed by atoms with Gasteiger partial charge in [0, 0.05) is 33.1 Å². The number of amides is 1. The smallest absolute Gasteiger partial charge is 0.273 e. The first kappa shape index (κ1) is 20.2. The molecule has 7 heteroatoms. The van der Waals surface area contributed by atoms with Crippen LogP contribution in [0.5, 0.6) is 0 Å². The number of carbonyl (C=O) groups is 1. The second kappa shape index (κ2) is 9.10. The minimum absolute atomic E-state index is 0.128. The molecule has 28 heavy (non-hydrogen) atoms. The zero-order valence-corrected chi connectivity index (χ0v) is 16.8. The van der Waals surface area contributed by atoms with Crippen LogP contribution in [-0.2, 0) is 0 Å². The Balaban J connectivity index is 1.84. The number of hydrogen-bond acceptors (Lipinski definition) is 5. The number of hydrogen-bond donors (Lipinski definition) is 1. The molecule has 1 amide bonds. The zero-order chi connectivity index (χ0) is 20.1. The number of aromatic nitrogens is 2. The van der Waals surface area contributed by atoms with Gasteiger partial charge < -0.3 is 15.1 Å². The van der Waals surface area contributed by atoms with Crippen LogP contribution in [0.15, 0.2) is 30.5 Å². The fraction of sp³-hybridized carbons (Fsp3) is 0.476. The van der Waals surface area contributed by atoms with Gasteiger partial charge in [-0.1, -0.05) is 19.1 Å². The summed E-state index contributed by atoms with van der Waals surface area (Å²) in [5, 5.41) is 3.38. The topological polar surface area (TPSA) is 61.4 Å². The first-order valence-electron chi connectivity index (χ1n) is 9.76. The lowest BCUT2D eigenvalue weighted by Gasteiger charge is -2.20. The van der Waals surface area contributed by atoms with Gasteiger partial charge in [-0.05, 0) is 43.6 Å². The molecule has 0 bridgehead atoms. The lowest BCUT2D eigenvalue weighted by Crippen LogP contribution is -2.27. The lowest BCUT2D eigenvalue weighted by molar-refractivity contribution is 0.0821. The number of benzene rings is 1. The molecule has 150 valence electrons. The van der Waals surface area contributed by atoms with Crippen LogP contribution in [-0.4, -0.2) is 65.9 Å². The number of anilines is 1. The quantitative estimate of drug-likeness (QED) is 0.794. The Morgan fingerprint density at radius 1 is 1.25 bits per heavy atom. The largest absolute Gasteiger partial charge is 0.367 e. The highest BCUT2D eigenvalue weighted by atomic mass is 19.1. The van der Waals surface area contributed by atoms with Crippen molar-refractivity contribution in [1.29, 1.82) is 0 Å². The highest BCUT2D eigenvalue weighted by molar-refractivity contribution is 5.91. The summed E-state index contributed by atoms with van der Waals surface area (Å²) >= 11 is 0. The van der Waals surface area contributed by atoms with Gasteiger partial charge in [0.2, 0.25) is 0 Å². The Bertz CT molecular complexity index is 803. The predicted octanol–water partition coefficient (Wildman–Crippen LogP) is 2.98. The molecule has 1 N–H and O–H groups in total. The van der Waals surface area contributed by atoms with E-state index in [0.29, 0.717) is 17.2 Å². The maximum atomic E-state index is 13.3. The van der Waals surface area contributed by atoms with E-state index < -0.39 is 0 Å². The summed E-state index contributed by atoms with van der Waals surface area (Å²) in [4.78, 5) is 25.4. The molecule has 0 aliphatic carbocycles. The van der Waals surface area contributed by atoms with Crippen molar-refractivity contribution in [3.63, 3.8) is 0 Å². The molecular weight excluding hydrogens is 357 g/mol. The van der Waals surface area contributed by atoms with Gasteiger partial charge in [0.05, 0.1) is 11.9 Å². The van der Waals surface area contributed by atoms with E-state index in [-0.39, 0.29) is 17.6 Å². The molecular formula is C21H28FN5O. The molecule has 0 saturated carbocycles. The van der Waals surface area contributed by atoms with Gasteiger partial charge >= 0.3 is 0 Å². The number of nitrogens with zero attached hydrogens (tertiary/aromatic N) is 4. The number of likely N-dealkylation sites (tertiary alicyclic amines) is 1. The molecule has 1 fully saturated rings. The normalized spacial score (nSPS) is 15.4. The molecule has 0 spiro atoms. The third kappa shape index (κ3) is 4.84. The van der Waals surface area contributed by atoms with Crippen LogP contribution < -0.4 is 5.32 Å². The molecule has 0 radical (unpaired) electrons. The van der Waals surface area contributed by atoms with Crippen LogP contribution in [0.3, 0.4) is 0 Å². The van der Waals surface area contributed by atoms with Crippen LogP contribution in [0.4, 0.5) is 10.2 Å². The summed E-state index contributed by atoms with van der Waals surface area (Å²) in [5.41, 5.74) is 1.92. The first-order valence-corrected chi connectivity index (χ1v) is 9.76. The molecule has 1 aliphatic heterocycles. The SMILES string of the molecule is C[C@@H](c1ccc(F)cc1)c1nc(C(=O)N(C)C)cnc1NCCN1CCCC1. The van der Waals surface area contributed by atoms with Gasteiger partial charge in [0.25, 0.3) is 5.91 Å². The maximum Gasteiger partial charge on any atom is 0.273 e. The molecule has 1 aromatic carbocycles. The highest BCUT2D eigenvalue weighted by Gasteiger charge is 2.20. The van der Waals surface area contributed by atoms with Crippen molar-refractivity contribution in [3.05, 3.63) is 53.2 Å². The van der Waals surface area contributed by atoms with Crippen molar-refractivity contribution in [3.8, 4) is 0 Å². The van der Waals surface area contributed by atoms with Crippen molar-refractivity contribution < 1.29 is 9.18 Å². The monoisotopic (exact) mass is 385 g/mol. The zero-order valence-electron chi connectivity index (χ0n) is 16.8. The van der Waals surface area contributed by atoms with Crippen LogP contribution in [0.1, 0.15) is 47.4 Å². The Kier molecular flexibility index (Phi) is 6.57. The van der Waals surface area contributed by atoms with Gasteiger partial charge in [0.1, 0.15) is 17.3 Å². The predicted molar refractivity (Wildman–Crippen MR) is 108 cm³/mol. The van der Waals surface area contributed by atoms with Crippen LogP contribution in [0.2, 0.25) is 0 Å². The molecule has 2 aromatic rings. The molecule has 1 aromatic heterocycles. The molecule has 0 unspecified atom stereocenters. The van der Waals surface area contributed by atoms with Gasteiger partial charge in [-0.2, -0.15) is 0 Å². The number of rotatable bonds is 7. The minimum atomic E-state index is -0.275. The number of nitrogens with one attached hydrogen (secondary N) is 1. The van der Waals surface area contributed by atoms with Gasteiger partial charge in [-0.15, -0.1) is 0 Å². The van der Waals surface area contributed by atoms with E-state index in [1.807, 2.05) is 6.92 Å². The van der Waals surface area contributed by atoms with Crippen molar-refractivity contribution >= 4 is 11.7 Å². The van der Waals surface area contributed by atoms with E-state index in [2.05, 4.69) is 20.2 Å². The standard InChI is InChI=1S/C21H28FN5O/c1-15(16-6-8-17(22)9-7-16)19-20(23-10-13-27-11-4-5-12-27)24-14-18(25-19)21(28)26(2)3/h6-9,14-15H,4-5,10-13H2,1-3H3,(H,23,24)/t15-/m0/s1. The molecule has 1 aliphatic rings. The van der Waals surface area contributed by atoms with Crippen molar-refractivity contribution in [1.82, 2.24) is 19.8 Å². The Morgan fingerprint density at radius 2 is 1.93 bits per heavy atom. The molecule has 1 atom stereocenters. The third-order valence-electron chi connectivity index (χ3n) is 5.12. The average Bonchev–Trinajstić information content (AvgIpc) is 3.21. The van der Waals surface area contributed by atoms with E-state index in [4.69, 9.17) is 0 Å². The summed E-state index contributed by atoms with van der Waals surface area (Å²) in [7, 11) is 3.38. The van der Waals surface area contributed by atoms with E-state index in [0.717, 1.165) is 31.7 Å². The Hall–Kier alpha value is -2.54. The highest BCUT2D eigenvalue weighted by Crippen LogP contribution is 2.28. The summed E-state index contributed by atoms with van der Waals surface area (Å²) in [6.45, 7) is 5.99. The van der Waals surface area contributed by atoms with Gasteiger partial charge in [-0.3, -0.25) is 4.79 Å². The molecule has 2 heterocycles. The second-order valence-corrected chi connectivity index (χ2v) is 7.44. The summed E-state index contributed by atoms with van der Waals surface area (Å²) in [6.07, 6.45) is 4.03. The summed E-state index contributed by atoms with van der Waals surface area (Å²) in [5.74, 6) is 0.0785. The van der Waals surface area contributed by atoms with Gasteiger partial charge in [0.15, 0.2) is 0 Å². The fourth-order valence-corrected chi connectivity index (χ4v) is 3.42. The van der Waals surface area contributed by atoms with Crippen molar-refractivity contribution in [2.24, 2.45) is 0 Å². The van der Waals surface area contributed by atoms with Crippen LogP contribution in [0, 0.1) is 5.82 Å². The number of carbonyl (C=O) groups excluding carboxylic acids is 1. The second-order valence-electron chi connectivity index (χ2n) is 7.44. The van der Waals surface area contributed by atoms with E-state index in [1.54, 1.807) is 26.2 Å². The molecule has 6 nitrogen and oxygen atoms in total. The third-order valence-corrected chi connectivity index (χ3v) is 5.12. The molecule has 1 saturated heterocycles. The summed E-state index contributed by atoms with van der Waals surface area (Å²) < 4.78 is 13.3. The van der Waals surface area contributed by atoms with Gasteiger partial charge in [-0.25, -0.2) is 14.4 Å². The maximum absolute atomic E-state index is 13.3. The fourth-order valence-electron chi connectivity index (χ4n) is 3.42. The summed E-state index contributed by atoms with van der Waals surface area (Å²) in [6, 6.07) is 6.37.